The highest BCUT2D eigenvalue weighted by molar-refractivity contribution is 7.14. The van der Waals surface area contributed by atoms with E-state index in [1.165, 1.54) is 11.3 Å². The summed E-state index contributed by atoms with van der Waals surface area (Å²) in [5.41, 5.74) is 1.67. The van der Waals surface area contributed by atoms with Crippen LogP contribution >= 0.6 is 11.3 Å². The summed E-state index contributed by atoms with van der Waals surface area (Å²) in [5, 5.41) is 13.0. The molecule has 28 heavy (non-hydrogen) atoms. The van der Waals surface area contributed by atoms with E-state index in [0.717, 1.165) is 66.2 Å². The lowest BCUT2D eigenvalue weighted by atomic mass is 9.97. The number of aromatic nitrogens is 2. The normalized spacial score (nSPS) is 20.3. The molecule has 7 heteroatoms. The molecule has 1 atom stereocenters. The highest BCUT2D eigenvalue weighted by Crippen LogP contribution is 2.30. The molecule has 0 spiro atoms. The lowest BCUT2D eigenvalue weighted by molar-refractivity contribution is -0.143. The van der Waals surface area contributed by atoms with Crippen molar-refractivity contribution in [1.29, 1.82) is 0 Å². The number of nitrogens with zero attached hydrogens (tertiary/aromatic N) is 3. The van der Waals surface area contributed by atoms with Gasteiger partial charge >= 0.3 is 0 Å². The first-order chi connectivity index (χ1) is 13.6. The van der Waals surface area contributed by atoms with Gasteiger partial charge in [-0.15, -0.1) is 10.2 Å². The Morgan fingerprint density at radius 3 is 2.64 bits per heavy atom. The van der Waals surface area contributed by atoms with Gasteiger partial charge in [0.15, 0.2) is 0 Å². The first-order valence-corrected chi connectivity index (χ1v) is 11.0. The summed E-state index contributed by atoms with van der Waals surface area (Å²) in [4.78, 5) is 27.8. The number of rotatable bonds is 4. The van der Waals surface area contributed by atoms with Gasteiger partial charge in [-0.2, -0.15) is 0 Å². The number of anilines is 1. The quantitative estimate of drug-likeness (QED) is 0.844. The standard InChI is InChI=1S/C21H26N4O2S/c1-14-23-24-20(28-14)16-9-6-10-17(13-16)22-19(26)18-11-4-5-12-25(18)21(27)15-7-2-3-8-15/h6,9-10,13,15,18H,2-5,7-8,11-12H2,1H3,(H,22,26)/t18-/m0/s1. The van der Waals surface area contributed by atoms with Crippen molar-refractivity contribution in [2.24, 2.45) is 5.92 Å². The number of amides is 2. The number of hydrogen-bond donors (Lipinski definition) is 1. The molecule has 2 amide bonds. The summed E-state index contributed by atoms with van der Waals surface area (Å²) in [5.74, 6) is 0.199. The van der Waals surface area contributed by atoms with Gasteiger partial charge < -0.3 is 10.2 Å². The van der Waals surface area contributed by atoms with Gasteiger partial charge in [-0.3, -0.25) is 9.59 Å². The van der Waals surface area contributed by atoms with Gasteiger partial charge in [-0.05, 0) is 51.2 Å². The maximum absolute atomic E-state index is 13.0. The maximum atomic E-state index is 13.0. The molecule has 1 saturated heterocycles. The highest BCUT2D eigenvalue weighted by atomic mass is 32.1. The molecule has 148 valence electrons. The second-order valence-electron chi connectivity index (χ2n) is 7.72. The van der Waals surface area contributed by atoms with E-state index in [1.807, 2.05) is 36.1 Å². The number of benzene rings is 1. The molecular weight excluding hydrogens is 372 g/mol. The smallest absolute Gasteiger partial charge is 0.247 e. The number of carbonyl (C=O) groups is 2. The number of nitrogens with one attached hydrogen (secondary N) is 1. The van der Waals surface area contributed by atoms with Gasteiger partial charge in [0.25, 0.3) is 0 Å². The van der Waals surface area contributed by atoms with E-state index >= 15 is 0 Å². The zero-order chi connectivity index (χ0) is 19.5. The van der Waals surface area contributed by atoms with E-state index in [-0.39, 0.29) is 23.8 Å². The van der Waals surface area contributed by atoms with Crippen LogP contribution in [0.4, 0.5) is 5.69 Å². The Balaban J connectivity index is 1.48. The van der Waals surface area contributed by atoms with E-state index in [1.54, 1.807) is 0 Å². The van der Waals surface area contributed by atoms with Gasteiger partial charge in [0.05, 0.1) is 0 Å². The van der Waals surface area contributed by atoms with Gasteiger partial charge in [0.1, 0.15) is 16.1 Å². The minimum absolute atomic E-state index is 0.0864. The van der Waals surface area contributed by atoms with Gasteiger partial charge in [-0.1, -0.05) is 36.3 Å². The lowest BCUT2D eigenvalue weighted by Crippen LogP contribution is -2.51. The average molecular weight is 399 g/mol. The van der Waals surface area contributed by atoms with Crippen molar-refractivity contribution in [3.05, 3.63) is 29.3 Å². The summed E-state index contributed by atoms with van der Waals surface area (Å²) < 4.78 is 0. The van der Waals surface area contributed by atoms with E-state index in [9.17, 15) is 9.59 Å². The molecule has 2 heterocycles. The van der Waals surface area contributed by atoms with Crippen molar-refractivity contribution < 1.29 is 9.59 Å². The number of piperidine rings is 1. The van der Waals surface area contributed by atoms with Crippen LogP contribution in [0.3, 0.4) is 0 Å². The Kier molecular flexibility index (Phi) is 5.71. The third-order valence-electron chi connectivity index (χ3n) is 5.70. The van der Waals surface area contributed by atoms with Crippen LogP contribution in [0.2, 0.25) is 0 Å². The van der Waals surface area contributed by atoms with Crippen LogP contribution in [0.15, 0.2) is 24.3 Å². The molecule has 1 aliphatic carbocycles. The fourth-order valence-corrected chi connectivity index (χ4v) is 4.93. The molecule has 2 aliphatic rings. The minimum atomic E-state index is -0.366. The predicted octanol–water partition coefficient (Wildman–Crippen LogP) is 4.02. The maximum Gasteiger partial charge on any atom is 0.247 e. The first-order valence-electron chi connectivity index (χ1n) is 10.1. The zero-order valence-corrected chi connectivity index (χ0v) is 17.0. The molecule has 0 radical (unpaired) electrons. The fraction of sp³-hybridized carbons (Fsp3) is 0.524. The molecule has 4 rings (SSSR count). The lowest BCUT2D eigenvalue weighted by Gasteiger charge is -2.36. The van der Waals surface area contributed by atoms with Crippen LogP contribution in [0, 0.1) is 12.8 Å². The molecule has 0 unspecified atom stereocenters. The summed E-state index contributed by atoms with van der Waals surface area (Å²) in [6.45, 7) is 2.61. The number of likely N-dealkylation sites (tertiary alicyclic amines) is 1. The van der Waals surface area contributed by atoms with Crippen molar-refractivity contribution >= 4 is 28.8 Å². The Hall–Kier alpha value is -2.28. The average Bonchev–Trinajstić information content (AvgIpc) is 3.39. The molecule has 2 aromatic rings. The van der Waals surface area contributed by atoms with E-state index in [4.69, 9.17) is 0 Å². The Labute approximate surface area is 169 Å². The predicted molar refractivity (Wildman–Crippen MR) is 110 cm³/mol. The van der Waals surface area contributed by atoms with Crippen LogP contribution in [0.1, 0.15) is 50.0 Å². The molecule has 1 saturated carbocycles. The van der Waals surface area contributed by atoms with Crippen LogP contribution in [0.25, 0.3) is 10.6 Å². The SMILES string of the molecule is Cc1nnc(-c2cccc(NC(=O)[C@@H]3CCCCN3C(=O)C3CCCC3)c2)s1. The van der Waals surface area contributed by atoms with Crippen molar-refractivity contribution in [2.75, 3.05) is 11.9 Å². The van der Waals surface area contributed by atoms with Crippen molar-refractivity contribution in [1.82, 2.24) is 15.1 Å². The molecule has 6 nitrogen and oxygen atoms in total. The van der Waals surface area contributed by atoms with Crippen LogP contribution in [-0.4, -0.2) is 39.5 Å². The second kappa shape index (κ2) is 8.39. The van der Waals surface area contributed by atoms with Gasteiger partial charge in [-0.25, -0.2) is 0 Å². The molecule has 1 N–H and O–H groups in total. The molecule has 1 aromatic heterocycles. The molecule has 1 aliphatic heterocycles. The van der Waals surface area contributed by atoms with Crippen molar-refractivity contribution in [2.45, 2.75) is 57.9 Å². The summed E-state index contributed by atoms with van der Waals surface area (Å²) >= 11 is 1.53. The van der Waals surface area contributed by atoms with Crippen LogP contribution < -0.4 is 5.32 Å². The van der Waals surface area contributed by atoms with Crippen LogP contribution in [0.5, 0.6) is 0 Å². The van der Waals surface area contributed by atoms with Gasteiger partial charge in [0.2, 0.25) is 11.8 Å². The third-order valence-corrected chi connectivity index (χ3v) is 6.58. The van der Waals surface area contributed by atoms with Gasteiger partial charge in [0, 0.05) is 23.7 Å². The Morgan fingerprint density at radius 2 is 1.89 bits per heavy atom. The highest BCUT2D eigenvalue weighted by Gasteiger charge is 2.36. The molecular formula is C21H26N4O2S. The largest absolute Gasteiger partial charge is 0.330 e. The summed E-state index contributed by atoms with van der Waals surface area (Å²) in [6, 6.07) is 7.30. The zero-order valence-electron chi connectivity index (χ0n) is 16.2. The van der Waals surface area contributed by atoms with Crippen molar-refractivity contribution in [3.63, 3.8) is 0 Å². The molecule has 0 bridgehead atoms. The summed E-state index contributed by atoms with van der Waals surface area (Å²) in [7, 11) is 0. The number of carbonyl (C=O) groups excluding carboxylic acids is 2. The van der Waals surface area contributed by atoms with Crippen LogP contribution in [-0.2, 0) is 9.59 Å². The topological polar surface area (TPSA) is 75.2 Å². The summed E-state index contributed by atoms with van der Waals surface area (Å²) in [6.07, 6.45) is 6.88. The van der Waals surface area contributed by atoms with Crippen molar-refractivity contribution in [3.8, 4) is 10.6 Å². The fourth-order valence-electron chi connectivity index (χ4n) is 4.24. The second-order valence-corrected chi connectivity index (χ2v) is 8.90. The van der Waals surface area contributed by atoms with E-state index < -0.39 is 0 Å². The molecule has 1 aromatic carbocycles. The first kappa shape index (κ1) is 19.1. The number of aryl methyl sites for hydroxylation is 1. The Bertz CT molecular complexity index is 860. The third kappa shape index (κ3) is 4.09. The Morgan fingerprint density at radius 1 is 1.11 bits per heavy atom. The monoisotopic (exact) mass is 398 g/mol. The van der Waals surface area contributed by atoms with E-state index in [2.05, 4.69) is 15.5 Å². The molecule has 2 fully saturated rings. The number of hydrogen-bond acceptors (Lipinski definition) is 5. The minimum Gasteiger partial charge on any atom is -0.330 e. The van der Waals surface area contributed by atoms with E-state index in [0.29, 0.717) is 6.54 Å².